The quantitative estimate of drug-likeness (QED) is 0.804. The zero-order valence-electron chi connectivity index (χ0n) is 13.8. The summed E-state index contributed by atoms with van der Waals surface area (Å²) in [5.41, 5.74) is 0.969. The SMILES string of the molecule is COCCN(Cc1ccc(C)o1)C(=O)Cc1ccc(C(=O)O)cc1. The highest BCUT2D eigenvalue weighted by Crippen LogP contribution is 2.12. The van der Waals surface area contributed by atoms with Crippen molar-refractivity contribution >= 4 is 11.9 Å². The minimum atomic E-state index is -0.984. The largest absolute Gasteiger partial charge is 0.478 e. The van der Waals surface area contributed by atoms with Crippen LogP contribution < -0.4 is 0 Å². The second-order valence-electron chi connectivity index (χ2n) is 5.50. The van der Waals surface area contributed by atoms with Gasteiger partial charge in [-0.05, 0) is 36.8 Å². The van der Waals surface area contributed by atoms with E-state index in [1.165, 1.54) is 12.1 Å². The smallest absolute Gasteiger partial charge is 0.335 e. The third-order valence-corrected chi connectivity index (χ3v) is 3.62. The van der Waals surface area contributed by atoms with Crippen molar-refractivity contribution in [2.24, 2.45) is 0 Å². The molecule has 6 nitrogen and oxygen atoms in total. The highest BCUT2D eigenvalue weighted by Gasteiger charge is 2.16. The first-order valence-electron chi connectivity index (χ1n) is 7.64. The number of hydrogen-bond donors (Lipinski definition) is 1. The molecule has 0 fully saturated rings. The summed E-state index contributed by atoms with van der Waals surface area (Å²) in [5, 5.41) is 8.91. The van der Waals surface area contributed by atoms with Crippen molar-refractivity contribution in [3.63, 3.8) is 0 Å². The number of nitrogens with zero attached hydrogens (tertiary/aromatic N) is 1. The van der Waals surface area contributed by atoms with Gasteiger partial charge in [0.05, 0.1) is 25.1 Å². The highest BCUT2D eigenvalue weighted by molar-refractivity contribution is 5.87. The lowest BCUT2D eigenvalue weighted by Gasteiger charge is -2.21. The van der Waals surface area contributed by atoms with E-state index in [9.17, 15) is 9.59 Å². The van der Waals surface area contributed by atoms with Crippen molar-refractivity contribution in [2.45, 2.75) is 19.9 Å². The third-order valence-electron chi connectivity index (χ3n) is 3.62. The molecule has 0 saturated carbocycles. The van der Waals surface area contributed by atoms with Gasteiger partial charge in [0, 0.05) is 13.7 Å². The number of benzene rings is 1. The van der Waals surface area contributed by atoms with Crippen LogP contribution in [0.25, 0.3) is 0 Å². The molecule has 0 aliphatic rings. The average Bonchev–Trinajstić information content (AvgIpc) is 2.97. The Morgan fingerprint density at radius 2 is 1.88 bits per heavy atom. The molecular formula is C18H21NO5. The Kier molecular flexibility index (Phi) is 6.14. The molecule has 0 bridgehead atoms. The molecule has 2 aromatic rings. The second-order valence-corrected chi connectivity index (χ2v) is 5.50. The van der Waals surface area contributed by atoms with Crippen molar-refractivity contribution in [2.75, 3.05) is 20.3 Å². The summed E-state index contributed by atoms with van der Waals surface area (Å²) in [6, 6.07) is 10.0. The molecule has 1 aromatic carbocycles. The fourth-order valence-corrected chi connectivity index (χ4v) is 2.30. The predicted molar refractivity (Wildman–Crippen MR) is 87.8 cm³/mol. The van der Waals surface area contributed by atoms with E-state index < -0.39 is 5.97 Å². The number of carbonyl (C=O) groups excluding carboxylic acids is 1. The molecule has 0 aliphatic carbocycles. The lowest BCUT2D eigenvalue weighted by molar-refractivity contribution is -0.132. The van der Waals surface area contributed by atoms with Crippen LogP contribution in [0.15, 0.2) is 40.8 Å². The van der Waals surface area contributed by atoms with Gasteiger partial charge in [-0.15, -0.1) is 0 Å². The number of rotatable bonds is 8. The molecule has 0 radical (unpaired) electrons. The van der Waals surface area contributed by atoms with Crippen LogP contribution in [0.4, 0.5) is 0 Å². The number of carbonyl (C=O) groups is 2. The van der Waals surface area contributed by atoms with Crippen LogP contribution in [0.1, 0.15) is 27.4 Å². The van der Waals surface area contributed by atoms with Crippen LogP contribution in [0.5, 0.6) is 0 Å². The number of ether oxygens (including phenoxy) is 1. The summed E-state index contributed by atoms with van der Waals surface area (Å²) >= 11 is 0. The normalized spacial score (nSPS) is 10.6. The first-order valence-corrected chi connectivity index (χ1v) is 7.64. The van der Waals surface area contributed by atoms with E-state index in [-0.39, 0.29) is 17.9 Å². The van der Waals surface area contributed by atoms with E-state index >= 15 is 0 Å². The summed E-state index contributed by atoms with van der Waals surface area (Å²) in [7, 11) is 1.59. The monoisotopic (exact) mass is 331 g/mol. The first-order chi connectivity index (χ1) is 11.5. The molecular weight excluding hydrogens is 310 g/mol. The van der Waals surface area contributed by atoms with Crippen molar-refractivity contribution in [1.29, 1.82) is 0 Å². The maximum atomic E-state index is 12.6. The zero-order valence-corrected chi connectivity index (χ0v) is 13.8. The molecule has 1 aromatic heterocycles. The Labute approximate surface area is 140 Å². The first kappa shape index (κ1) is 17.7. The number of aryl methyl sites for hydroxylation is 1. The Morgan fingerprint density at radius 1 is 1.17 bits per heavy atom. The van der Waals surface area contributed by atoms with Crippen molar-refractivity contribution in [3.8, 4) is 0 Å². The van der Waals surface area contributed by atoms with Crippen molar-refractivity contribution in [3.05, 3.63) is 59.0 Å². The summed E-state index contributed by atoms with van der Waals surface area (Å²) in [6.07, 6.45) is 0.198. The molecule has 128 valence electrons. The van der Waals surface area contributed by atoms with Crippen LogP contribution in [0, 0.1) is 6.92 Å². The molecule has 1 heterocycles. The molecule has 24 heavy (non-hydrogen) atoms. The third kappa shape index (κ3) is 4.96. The standard InChI is InChI=1S/C18H21NO5/c1-13-3-8-16(24-13)12-19(9-10-23-2)17(20)11-14-4-6-15(7-5-14)18(21)22/h3-8H,9-12H2,1-2H3,(H,21,22). The van der Waals surface area contributed by atoms with Crippen LogP contribution >= 0.6 is 0 Å². The van der Waals surface area contributed by atoms with Gasteiger partial charge in [0.25, 0.3) is 0 Å². The van der Waals surface area contributed by atoms with Crippen LogP contribution in [-0.4, -0.2) is 42.1 Å². The zero-order chi connectivity index (χ0) is 17.5. The fourth-order valence-electron chi connectivity index (χ4n) is 2.30. The van der Waals surface area contributed by atoms with Crippen LogP contribution in [-0.2, 0) is 22.5 Å². The number of methoxy groups -OCH3 is 1. The molecule has 0 unspecified atom stereocenters. The van der Waals surface area contributed by atoms with Gasteiger partial charge in [0.1, 0.15) is 11.5 Å². The Bertz CT molecular complexity index is 690. The van der Waals surface area contributed by atoms with Crippen molar-refractivity contribution < 1.29 is 23.8 Å². The molecule has 0 spiro atoms. The van der Waals surface area contributed by atoms with Gasteiger partial charge in [0.15, 0.2) is 0 Å². The summed E-state index contributed by atoms with van der Waals surface area (Å²) < 4.78 is 10.6. The Balaban J connectivity index is 2.04. The molecule has 0 aliphatic heterocycles. The minimum absolute atomic E-state index is 0.0656. The lowest BCUT2D eigenvalue weighted by atomic mass is 10.1. The van der Waals surface area contributed by atoms with E-state index in [2.05, 4.69) is 0 Å². The van der Waals surface area contributed by atoms with E-state index in [0.29, 0.717) is 19.7 Å². The van der Waals surface area contributed by atoms with Crippen molar-refractivity contribution in [1.82, 2.24) is 4.90 Å². The predicted octanol–water partition coefficient (Wildman–Crippen LogP) is 2.50. The van der Waals surface area contributed by atoms with Gasteiger partial charge in [-0.3, -0.25) is 4.79 Å². The van der Waals surface area contributed by atoms with Gasteiger partial charge in [-0.25, -0.2) is 4.79 Å². The number of aromatic carboxylic acids is 1. The maximum Gasteiger partial charge on any atom is 0.335 e. The van der Waals surface area contributed by atoms with Gasteiger partial charge < -0.3 is 19.2 Å². The topological polar surface area (TPSA) is 80.0 Å². The highest BCUT2D eigenvalue weighted by atomic mass is 16.5. The number of furan rings is 1. The van der Waals surface area contributed by atoms with Gasteiger partial charge in [-0.1, -0.05) is 12.1 Å². The molecule has 2 rings (SSSR count). The molecule has 0 saturated heterocycles. The second kappa shape index (κ2) is 8.31. The molecule has 1 amide bonds. The van der Waals surface area contributed by atoms with E-state index in [0.717, 1.165) is 17.1 Å². The number of hydrogen-bond acceptors (Lipinski definition) is 4. The summed E-state index contributed by atoms with van der Waals surface area (Å²) in [4.78, 5) is 25.1. The summed E-state index contributed by atoms with van der Waals surface area (Å²) in [6.45, 7) is 3.13. The lowest BCUT2D eigenvalue weighted by Crippen LogP contribution is -2.34. The minimum Gasteiger partial charge on any atom is -0.478 e. The average molecular weight is 331 g/mol. The Hall–Kier alpha value is -2.60. The number of amides is 1. The van der Waals surface area contributed by atoms with Gasteiger partial charge >= 0.3 is 5.97 Å². The van der Waals surface area contributed by atoms with Gasteiger partial charge in [0.2, 0.25) is 5.91 Å². The number of carboxylic acids is 1. The van der Waals surface area contributed by atoms with E-state index in [1.54, 1.807) is 24.1 Å². The van der Waals surface area contributed by atoms with Crippen LogP contribution in [0.2, 0.25) is 0 Å². The molecule has 6 heteroatoms. The Morgan fingerprint density at radius 3 is 2.42 bits per heavy atom. The van der Waals surface area contributed by atoms with E-state index in [4.69, 9.17) is 14.3 Å². The maximum absolute atomic E-state index is 12.6. The van der Waals surface area contributed by atoms with Crippen LogP contribution in [0.3, 0.4) is 0 Å². The fraction of sp³-hybridized carbons (Fsp3) is 0.333. The summed E-state index contributed by atoms with van der Waals surface area (Å²) in [5.74, 6) is 0.471. The number of carboxylic acid groups (broad SMARTS) is 1. The molecule has 1 N–H and O–H groups in total. The van der Waals surface area contributed by atoms with E-state index in [1.807, 2.05) is 19.1 Å². The molecule has 0 atom stereocenters. The van der Waals surface area contributed by atoms with Gasteiger partial charge in [-0.2, -0.15) is 0 Å².